The number of ether oxygens (including phenoxy) is 1. The number of amides is 1. The minimum atomic E-state index is -0.175. The van der Waals surface area contributed by atoms with Gasteiger partial charge in [-0.25, -0.2) is 4.99 Å². The van der Waals surface area contributed by atoms with Crippen LogP contribution in [0.15, 0.2) is 28.2 Å². The van der Waals surface area contributed by atoms with Gasteiger partial charge in [-0.3, -0.25) is 4.79 Å². The number of guanidine groups is 2. The maximum absolute atomic E-state index is 11.8. The second kappa shape index (κ2) is 7.87. The van der Waals surface area contributed by atoms with Gasteiger partial charge in [0.15, 0.2) is 5.96 Å². The summed E-state index contributed by atoms with van der Waals surface area (Å²) in [6.07, 6.45) is 0.431. The van der Waals surface area contributed by atoms with Gasteiger partial charge in [0.25, 0.3) is 0 Å². The second-order valence-electron chi connectivity index (χ2n) is 5.04. The number of nitrogens with two attached hydrogens (primary N) is 3. The molecule has 120 valence electrons. The Kier molecular flexibility index (Phi) is 6.18. The molecule has 7 N–H and O–H groups in total. The zero-order valence-electron chi connectivity index (χ0n) is 13.0. The van der Waals surface area contributed by atoms with Crippen molar-refractivity contribution in [3.63, 3.8) is 0 Å². The van der Waals surface area contributed by atoms with Crippen molar-refractivity contribution in [3.8, 4) is 5.75 Å². The van der Waals surface area contributed by atoms with Gasteiger partial charge in [-0.15, -0.1) is 0 Å². The molecular weight excluding hydrogens is 284 g/mol. The van der Waals surface area contributed by atoms with E-state index in [1.807, 2.05) is 13.8 Å². The molecule has 0 radical (unpaired) electrons. The number of carbonyl (C=O) groups is 1. The summed E-state index contributed by atoms with van der Waals surface area (Å²) < 4.78 is 5.24. The summed E-state index contributed by atoms with van der Waals surface area (Å²) in [6, 6.07) is 4.97. The predicted molar refractivity (Wildman–Crippen MR) is 88.2 cm³/mol. The fourth-order valence-corrected chi connectivity index (χ4v) is 1.71. The summed E-state index contributed by atoms with van der Waals surface area (Å²) in [6.45, 7) is 3.95. The minimum Gasteiger partial charge on any atom is -0.494 e. The van der Waals surface area contributed by atoms with Gasteiger partial charge >= 0.3 is 0 Å². The largest absolute Gasteiger partial charge is 0.494 e. The van der Waals surface area contributed by atoms with Crippen LogP contribution in [0.25, 0.3) is 0 Å². The van der Waals surface area contributed by atoms with Crippen LogP contribution < -0.4 is 27.3 Å². The lowest BCUT2D eigenvalue weighted by atomic mass is 10.1. The van der Waals surface area contributed by atoms with Crippen molar-refractivity contribution in [1.82, 2.24) is 0 Å². The highest BCUT2D eigenvalue weighted by molar-refractivity contribution is 5.94. The Morgan fingerprint density at radius 2 is 2.00 bits per heavy atom. The molecule has 0 unspecified atom stereocenters. The lowest BCUT2D eigenvalue weighted by Gasteiger charge is -2.11. The van der Waals surface area contributed by atoms with E-state index in [1.165, 1.54) is 7.11 Å². The van der Waals surface area contributed by atoms with Gasteiger partial charge in [0.05, 0.1) is 18.5 Å². The number of aliphatic imine (C=N–C) groups is 2. The van der Waals surface area contributed by atoms with Crippen LogP contribution >= 0.6 is 0 Å². The SMILES string of the molecule is COc1cc(N=C(N)N=C(N)N)ccc1NC(=O)CC(C)C. The van der Waals surface area contributed by atoms with Crippen LogP contribution in [-0.2, 0) is 4.79 Å². The average molecular weight is 306 g/mol. The van der Waals surface area contributed by atoms with Gasteiger partial charge in [0.2, 0.25) is 11.9 Å². The first-order valence-corrected chi connectivity index (χ1v) is 6.73. The van der Waals surface area contributed by atoms with E-state index in [2.05, 4.69) is 15.3 Å². The lowest BCUT2D eigenvalue weighted by molar-refractivity contribution is -0.116. The molecule has 1 aromatic carbocycles. The minimum absolute atomic E-state index is 0.0707. The molecule has 0 aliphatic rings. The van der Waals surface area contributed by atoms with Gasteiger partial charge in [0, 0.05) is 12.5 Å². The average Bonchev–Trinajstić information content (AvgIpc) is 2.38. The molecule has 8 nitrogen and oxygen atoms in total. The van der Waals surface area contributed by atoms with Crippen LogP contribution in [0, 0.1) is 5.92 Å². The van der Waals surface area contributed by atoms with Gasteiger partial charge in [-0.1, -0.05) is 13.8 Å². The summed E-state index contributed by atoms with van der Waals surface area (Å²) in [5.74, 6) is 0.416. The molecule has 0 aliphatic carbocycles. The number of nitrogens with one attached hydrogen (secondary N) is 1. The van der Waals surface area contributed by atoms with Crippen LogP contribution in [0.1, 0.15) is 20.3 Å². The third-order valence-electron chi connectivity index (χ3n) is 2.54. The number of benzene rings is 1. The van der Waals surface area contributed by atoms with Gasteiger partial charge < -0.3 is 27.3 Å². The monoisotopic (exact) mass is 306 g/mol. The van der Waals surface area contributed by atoms with E-state index in [9.17, 15) is 4.79 Å². The van der Waals surface area contributed by atoms with Crippen molar-refractivity contribution < 1.29 is 9.53 Å². The number of nitrogens with zero attached hydrogens (tertiary/aromatic N) is 2. The van der Waals surface area contributed by atoms with Gasteiger partial charge in [0.1, 0.15) is 5.75 Å². The van der Waals surface area contributed by atoms with E-state index in [4.69, 9.17) is 21.9 Å². The zero-order chi connectivity index (χ0) is 16.7. The molecule has 0 aliphatic heterocycles. The number of hydrogen-bond acceptors (Lipinski definition) is 3. The summed E-state index contributed by atoms with van der Waals surface area (Å²) in [5, 5.41) is 2.79. The van der Waals surface area contributed by atoms with Crippen molar-refractivity contribution in [2.45, 2.75) is 20.3 Å². The Balaban J connectivity index is 2.96. The molecular formula is C14H22N6O2. The van der Waals surface area contributed by atoms with E-state index in [-0.39, 0.29) is 23.7 Å². The van der Waals surface area contributed by atoms with E-state index in [0.717, 1.165) is 0 Å². The quantitative estimate of drug-likeness (QED) is 0.472. The van der Waals surface area contributed by atoms with Crippen LogP contribution in [0.2, 0.25) is 0 Å². The molecule has 8 heteroatoms. The first kappa shape index (κ1) is 17.3. The molecule has 0 saturated carbocycles. The molecule has 1 aromatic rings. The van der Waals surface area contributed by atoms with Crippen LogP contribution in [0.5, 0.6) is 5.75 Å². The summed E-state index contributed by atoms with van der Waals surface area (Å²) >= 11 is 0. The highest BCUT2D eigenvalue weighted by Crippen LogP contribution is 2.29. The zero-order valence-corrected chi connectivity index (χ0v) is 13.0. The Bertz CT molecular complexity index is 591. The second-order valence-corrected chi connectivity index (χ2v) is 5.04. The normalized spacial score (nSPS) is 11.2. The highest BCUT2D eigenvalue weighted by Gasteiger charge is 2.10. The molecule has 0 bridgehead atoms. The Labute approximate surface area is 129 Å². The number of rotatable bonds is 5. The Morgan fingerprint density at radius 3 is 2.55 bits per heavy atom. The molecule has 22 heavy (non-hydrogen) atoms. The predicted octanol–water partition coefficient (Wildman–Crippen LogP) is 0.899. The van der Waals surface area contributed by atoms with E-state index >= 15 is 0 Å². The van der Waals surface area contributed by atoms with Crippen molar-refractivity contribution in [2.24, 2.45) is 33.1 Å². The molecule has 0 spiro atoms. The third-order valence-corrected chi connectivity index (χ3v) is 2.54. The van der Waals surface area contributed by atoms with Crippen molar-refractivity contribution in [3.05, 3.63) is 18.2 Å². The van der Waals surface area contributed by atoms with Crippen LogP contribution in [0.4, 0.5) is 11.4 Å². The maximum atomic E-state index is 11.8. The van der Waals surface area contributed by atoms with E-state index < -0.39 is 0 Å². The smallest absolute Gasteiger partial charge is 0.224 e. The lowest BCUT2D eigenvalue weighted by Crippen LogP contribution is -2.26. The number of carbonyl (C=O) groups excluding carboxylic acids is 1. The first-order valence-electron chi connectivity index (χ1n) is 6.73. The summed E-state index contributed by atoms with van der Waals surface area (Å²) in [5.41, 5.74) is 17.1. The Hall–Kier alpha value is -2.77. The van der Waals surface area contributed by atoms with Crippen molar-refractivity contribution >= 4 is 29.2 Å². The van der Waals surface area contributed by atoms with Crippen molar-refractivity contribution in [1.29, 1.82) is 0 Å². The Morgan fingerprint density at radius 1 is 1.32 bits per heavy atom. The molecule has 0 aromatic heterocycles. The standard InChI is InChI=1S/C14H22N6O2/c1-8(2)6-12(21)19-10-5-4-9(7-11(10)22-3)18-14(17)20-13(15)16/h4-5,7-8H,6H2,1-3H3,(H,19,21)(H6,15,16,17,18,20). The van der Waals surface area contributed by atoms with Crippen LogP contribution in [-0.4, -0.2) is 24.9 Å². The molecule has 1 rings (SSSR count). The number of methoxy groups -OCH3 is 1. The maximum Gasteiger partial charge on any atom is 0.224 e. The molecule has 0 heterocycles. The highest BCUT2D eigenvalue weighted by atomic mass is 16.5. The first-order chi connectivity index (χ1) is 10.3. The van der Waals surface area contributed by atoms with Gasteiger partial charge in [-0.2, -0.15) is 4.99 Å². The molecule has 1 amide bonds. The summed E-state index contributed by atoms with van der Waals surface area (Å²) in [7, 11) is 1.50. The third kappa shape index (κ3) is 5.70. The van der Waals surface area contributed by atoms with E-state index in [1.54, 1.807) is 18.2 Å². The fourth-order valence-electron chi connectivity index (χ4n) is 1.71. The summed E-state index contributed by atoms with van der Waals surface area (Å²) in [4.78, 5) is 19.5. The number of hydrogen-bond donors (Lipinski definition) is 4. The molecule has 0 atom stereocenters. The fraction of sp³-hybridized carbons (Fsp3) is 0.357. The van der Waals surface area contributed by atoms with E-state index in [0.29, 0.717) is 23.5 Å². The topological polar surface area (TPSA) is 141 Å². The van der Waals surface area contributed by atoms with Crippen LogP contribution in [0.3, 0.4) is 0 Å². The molecule has 0 fully saturated rings. The number of anilines is 1. The molecule has 0 saturated heterocycles. The van der Waals surface area contributed by atoms with Gasteiger partial charge in [-0.05, 0) is 18.1 Å². The van der Waals surface area contributed by atoms with Crippen molar-refractivity contribution in [2.75, 3.05) is 12.4 Å².